The number of aryl methyl sites for hydroxylation is 2. The Kier molecular flexibility index (Phi) is 2.04. The highest BCUT2D eigenvalue weighted by molar-refractivity contribution is 7.88. The fraction of sp³-hybridized carbons (Fsp3) is 0.333. The molecule has 5 heteroatoms. The van der Waals surface area contributed by atoms with E-state index in [9.17, 15) is 8.42 Å². The van der Waals surface area contributed by atoms with E-state index in [1.807, 2.05) is 6.92 Å². The van der Waals surface area contributed by atoms with E-state index in [2.05, 4.69) is 0 Å². The summed E-state index contributed by atoms with van der Waals surface area (Å²) in [6.45, 7) is 3.62. The lowest BCUT2D eigenvalue weighted by atomic mass is 10.3. The zero-order valence-corrected chi connectivity index (χ0v) is 7.79. The minimum atomic E-state index is -3.99. The van der Waals surface area contributed by atoms with Gasteiger partial charge in [-0.1, -0.05) is 0 Å². The third kappa shape index (κ3) is 1.79. The summed E-state index contributed by atoms with van der Waals surface area (Å²) in [4.78, 5) is 0.914. The smallest absolute Gasteiger partial charge is 0.281 e. The molecule has 0 spiro atoms. The van der Waals surface area contributed by atoms with Crippen LogP contribution in [0.3, 0.4) is 0 Å². The van der Waals surface area contributed by atoms with E-state index in [0.29, 0.717) is 0 Å². The lowest BCUT2D eigenvalue weighted by Gasteiger charge is -1.85. The van der Waals surface area contributed by atoms with Crippen molar-refractivity contribution in [3.63, 3.8) is 0 Å². The molecule has 1 heterocycles. The molecule has 0 atom stereocenters. The van der Waals surface area contributed by atoms with Gasteiger partial charge in [0.2, 0.25) is 0 Å². The van der Waals surface area contributed by atoms with Crippen LogP contribution in [0.5, 0.6) is 0 Å². The molecular weight excluding hydrogens is 184 g/mol. The molecule has 11 heavy (non-hydrogen) atoms. The van der Waals surface area contributed by atoms with Crippen molar-refractivity contribution < 1.29 is 13.0 Å². The molecular formula is C6H8O3S2. The second-order valence-electron chi connectivity index (χ2n) is 2.28. The molecule has 0 aliphatic rings. The van der Waals surface area contributed by atoms with Gasteiger partial charge in [-0.15, -0.1) is 11.3 Å². The minimum absolute atomic E-state index is 0.0208. The molecule has 1 aromatic rings. The highest BCUT2D eigenvalue weighted by Gasteiger charge is 2.13. The van der Waals surface area contributed by atoms with Crippen LogP contribution in [0.2, 0.25) is 0 Å². The van der Waals surface area contributed by atoms with Gasteiger partial charge >= 0.3 is 10.1 Å². The Bertz CT molecular complexity index is 342. The summed E-state index contributed by atoms with van der Waals surface area (Å²) in [6, 6.07) is 1.47. The SMILES string of the molecule is Cc1cc(S(=O)(=O)O)sc1C. The molecule has 0 fully saturated rings. The minimum Gasteiger partial charge on any atom is -0.281 e. The molecule has 0 aliphatic carbocycles. The summed E-state index contributed by atoms with van der Waals surface area (Å²) in [5.74, 6) is 0. The molecule has 0 saturated carbocycles. The van der Waals surface area contributed by atoms with Crippen molar-refractivity contribution in [1.29, 1.82) is 0 Å². The highest BCUT2D eigenvalue weighted by atomic mass is 32.3. The van der Waals surface area contributed by atoms with E-state index in [0.717, 1.165) is 21.8 Å². The summed E-state index contributed by atoms with van der Waals surface area (Å²) in [5.41, 5.74) is 0.891. The first-order chi connectivity index (χ1) is 4.91. The van der Waals surface area contributed by atoms with E-state index < -0.39 is 10.1 Å². The van der Waals surface area contributed by atoms with Crippen LogP contribution < -0.4 is 0 Å². The topological polar surface area (TPSA) is 54.4 Å². The van der Waals surface area contributed by atoms with Gasteiger partial charge in [0.15, 0.2) is 0 Å². The van der Waals surface area contributed by atoms with Crippen LogP contribution in [0.1, 0.15) is 10.4 Å². The Hall–Kier alpha value is -0.390. The zero-order valence-electron chi connectivity index (χ0n) is 6.16. The van der Waals surface area contributed by atoms with Gasteiger partial charge in [-0.05, 0) is 25.5 Å². The van der Waals surface area contributed by atoms with Gasteiger partial charge in [0.25, 0.3) is 0 Å². The second kappa shape index (κ2) is 2.58. The molecule has 1 rings (SSSR count). The number of rotatable bonds is 1. The fourth-order valence-electron chi connectivity index (χ4n) is 0.666. The molecule has 0 unspecified atom stereocenters. The van der Waals surface area contributed by atoms with Crippen LogP contribution in [-0.2, 0) is 10.1 Å². The third-order valence-electron chi connectivity index (χ3n) is 1.40. The summed E-state index contributed by atoms with van der Waals surface area (Å²) in [5, 5.41) is 0. The van der Waals surface area contributed by atoms with Crippen molar-refractivity contribution in [3.8, 4) is 0 Å². The number of hydrogen-bond acceptors (Lipinski definition) is 3. The monoisotopic (exact) mass is 192 g/mol. The van der Waals surface area contributed by atoms with Crippen molar-refractivity contribution in [3.05, 3.63) is 16.5 Å². The maximum Gasteiger partial charge on any atom is 0.304 e. The molecule has 3 nitrogen and oxygen atoms in total. The fourth-order valence-corrected chi connectivity index (χ4v) is 2.55. The predicted octanol–water partition coefficient (Wildman–Crippen LogP) is 1.61. The van der Waals surface area contributed by atoms with E-state index in [4.69, 9.17) is 4.55 Å². The normalized spacial score (nSPS) is 11.9. The van der Waals surface area contributed by atoms with Crippen molar-refractivity contribution in [2.45, 2.75) is 18.1 Å². The van der Waals surface area contributed by atoms with E-state index in [-0.39, 0.29) is 4.21 Å². The van der Waals surface area contributed by atoms with Crippen molar-refractivity contribution >= 4 is 21.5 Å². The molecule has 0 saturated heterocycles. The van der Waals surface area contributed by atoms with Crippen molar-refractivity contribution in [2.75, 3.05) is 0 Å². The largest absolute Gasteiger partial charge is 0.304 e. The van der Waals surface area contributed by atoms with Gasteiger partial charge in [0.05, 0.1) is 0 Å². The Morgan fingerprint density at radius 2 is 2.00 bits per heavy atom. The molecule has 62 valence electrons. The first-order valence-electron chi connectivity index (χ1n) is 2.96. The average Bonchev–Trinajstić information content (AvgIpc) is 2.11. The molecule has 1 aromatic heterocycles. The quantitative estimate of drug-likeness (QED) is 0.688. The lowest BCUT2D eigenvalue weighted by molar-refractivity contribution is 0.485. The summed E-state index contributed by atoms with van der Waals surface area (Å²) >= 11 is 1.08. The average molecular weight is 192 g/mol. The Labute approximate surface area is 69.4 Å². The zero-order chi connectivity index (χ0) is 8.65. The molecule has 0 bridgehead atoms. The molecule has 0 aromatic carbocycles. The third-order valence-corrected chi connectivity index (χ3v) is 3.85. The highest BCUT2D eigenvalue weighted by Crippen LogP contribution is 2.24. The first kappa shape index (κ1) is 8.70. The number of hydrogen-bond donors (Lipinski definition) is 1. The van der Waals surface area contributed by atoms with E-state index in [1.165, 1.54) is 6.07 Å². The van der Waals surface area contributed by atoms with Gasteiger partial charge in [-0.2, -0.15) is 8.42 Å². The summed E-state index contributed by atoms with van der Waals surface area (Å²) < 4.78 is 29.8. The molecule has 0 aliphatic heterocycles. The Morgan fingerprint density at radius 3 is 2.18 bits per heavy atom. The predicted molar refractivity (Wildman–Crippen MR) is 43.6 cm³/mol. The Balaban J connectivity index is 3.29. The van der Waals surface area contributed by atoms with Crippen LogP contribution in [0.25, 0.3) is 0 Å². The van der Waals surface area contributed by atoms with Crippen LogP contribution in [0.15, 0.2) is 10.3 Å². The standard InChI is InChI=1S/C6H8O3S2/c1-4-3-6(10-5(4)2)11(7,8)9/h3H,1-2H3,(H,7,8,9). The summed E-state index contributed by atoms with van der Waals surface area (Å²) in [7, 11) is -3.99. The van der Waals surface area contributed by atoms with Crippen LogP contribution >= 0.6 is 11.3 Å². The molecule has 0 radical (unpaired) electrons. The van der Waals surface area contributed by atoms with Crippen LogP contribution in [-0.4, -0.2) is 13.0 Å². The van der Waals surface area contributed by atoms with E-state index >= 15 is 0 Å². The second-order valence-corrected chi connectivity index (χ2v) is 5.18. The number of thiophene rings is 1. The van der Waals surface area contributed by atoms with Gasteiger partial charge in [-0.3, -0.25) is 4.55 Å². The van der Waals surface area contributed by atoms with Gasteiger partial charge in [0, 0.05) is 4.88 Å². The Morgan fingerprint density at radius 1 is 1.45 bits per heavy atom. The maximum absolute atomic E-state index is 10.6. The van der Waals surface area contributed by atoms with Gasteiger partial charge in [0.1, 0.15) is 4.21 Å². The first-order valence-corrected chi connectivity index (χ1v) is 5.21. The van der Waals surface area contributed by atoms with Crippen molar-refractivity contribution in [1.82, 2.24) is 0 Å². The summed E-state index contributed by atoms with van der Waals surface area (Å²) in [6.07, 6.45) is 0. The molecule has 0 amide bonds. The molecule has 1 N–H and O–H groups in total. The lowest BCUT2D eigenvalue weighted by Crippen LogP contribution is -1.93. The maximum atomic E-state index is 10.6. The van der Waals surface area contributed by atoms with Crippen LogP contribution in [0.4, 0.5) is 0 Å². The van der Waals surface area contributed by atoms with E-state index in [1.54, 1.807) is 6.92 Å². The van der Waals surface area contributed by atoms with Crippen molar-refractivity contribution in [2.24, 2.45) is 0 Å². The van der Waals surface area contributed by atoms with Crippen LogP contribution in [0, 0.1) is 13.8 Å². The van der Waals surface area contributed by atoms with Gasteiger partial charge < -0.3 is 0 Å². The van der Waals surface area contributed by atoms with Gasteiger partial charge in [-0.25, -0.2) is 0 Å².